The maximum atomic E-state index is 4.46. The van der Waals surface area contributed by atoms with E-state index < -0.39 is 0 Å². The van der Waals surface area contributed by atoms with E-state index in [1.54, 1.807) is 17.5 Å². The van der Waals surface area contributed by atoms with Gasteiger partial charge in [0, 0.05) is 22.8 Å². The third-order valence-electron chi connectivity index (χ3n) is 1.84. The zero-order valence-electron chi connectivity index (χ0n) is 7.61. The van der Waals surface area contributed by atoms with Crippen LogP contribution in [0.2, 0.25) is 0 Å². The first kappa shape index (κ1) is 8.38. The van der Waals surface area contributed by atoms with Crippen LogP contribution in [0.1, 0.15) is 9.88 Å². The van der Waals surface area contributed by atoms with Gasteiger partial charge in [0.2, 0.25) is 0 Å². The summed E-state index contributed by atoms with van der Waals surface area (Å²) in [5.74, 6) is 0. The zero-order chi connectivity index (χ0) is 9.26. The molecule has 0 atom stereocenters. The molecule has 2 aromatic rings. The molecule has 0 aliphatic carbocycles. The van der Waals surface area contributed by atoms with E-state index in [9.17, 15) is 0 Å². The van der Waals surface area contributed by atoms with Crippen molar-refractivity contribution in [3.05, 3.63) is 34.4 Å². The summed E-state index contributed by atoms with van der Waals surface area (Å²) in [5, 5.41) is 1.11. The van der Waals surface area contributed by atoms with Gasteiger partial charge in [-0.25, -0.2) is 4.98 Å². The summed E-state index contributed by atoms with van der Waals surface area (Å²) in [6.07, 6.45) is 3.62. The summed E-state index contributed by atoms with van der Waals surface area (Å²) in [5.41, 5.74) is 2.17. The van der Waals surface area contributed by atoms with Crippen LogP contribution in [-0.4, -0.2) is 9.97 Å². The van der Waals surface area contributed by atoms with Gasteiger partial charge in [0.15, 0.2) is 0 Å². The molecule has 2 rings (SSSR count). The molecule has 0 aromatic carbocycles. The average molecular weight is 190 g/mol. The van der Waals surface area contributed by atoms with Gasteiger partial charge < -0.3 is 0 Å². The number of thiazole rings is 1. The Bertz CT molecular complexity index is 406. The molecule has 2 aromatic heterocycles. The number of nitrogens with zero attached hydrogens (tertiary/aromatic N) is 2. The summed E-state index contributed by atoms with van der Waals surface area (Å²) in [6, 6.07) is 3.97. The lowest BCUT2D eigenvalue weighted by atomic mass is 10.2. The second kappa shape index (κ2) is 3.26. The van der Waals surface area contributed by atoms with Crippen LogP contribution in [0.25, 0.3) is 11.3 Å². The molecule has 0 spiro atoms. The number of pyridine rings is 1. The van der Waals surface area contributed by atoms with Crippen LogP contribution in [0, 0.1) is 13.8 Å². The highest BCUT2D eigenvalue weighted by molar-refractivity contribution is 7.11. The highest BCUT2D eigenvalue weighted by Crippen LogP contribution is 2.25. The van der Waals surface area contributed by atoms with Gasteiger partial charge in [-0.15, -0.1) is 11.3 Å². The molecule has 66 valence electrons. The van der Waals surface area contributed by atoms with Crippen molar-refractivity contribution < 1.29 is 0 Å². The van der Waals surface area contributed by atoms with Crippen molar-refractivity contribution >= 4 is 11.3 Å². The summed E-state index contributed by atoms with van der Waals surface area (Å²) in [7, 11) is 0. The van der Waals surface area contributed by atoms with Crippen molar-refractivity contribution in [2.75, 3.05) is 0 Å². The van der Waals surface area contributed by atoms with E-state index in [2.05, 4.69) is 16.9 Å². The van der Waals surface area contributed by atoms with Crippen LogP contribution < -0.4 is 0 Å². The second-order valence-corrected chi connectivity index (χ2v) is 4.29. The first-order valence-corrected chi connectivity index (χ1v) is 4.93. The van der Waals surface area contributed by atoms with Gasteiger partial charge in [0.05, 0.1) is 10.7 Å². The fourth-order valence-electron chi connectivity index (χ4n) is 1.30. The number of aromatic nitrogens is 2. The molecule has 0 aliphatic rings. The molecule has 0 N–H and O–H groups in total. The monoisotopic (exact) mass is 190 g/mol. The lowest BCUT2D eigenvalue weighted by Gasteiger charge is -1.95. The normalized spacial score (nSPS) is 10.3. The van der Waals surface area contributed by atoms with Crippen LogP contribution in [0.4, 0.5) is 0 Å². The van der Waals surface area contributed by atoms with E-state index in [4.69, 9.17) is 0 Å². The number of aryl methyl sites for hydroxylation is 2. The molecule has 0 unspecified atom stereocenters. The van der Waals surface area contributed by atoms with Crippen molar-refractivity contribution in [3.8, 4) is 11.3 Å². The molecule has 0 saturated heterocycles. The van der Waals surface area contributed by atoms with E-state index in [0.717, 1.165) is 16.3 Å². The van der Waals surface area contributed by atoms with Crippen LogP contribution in [-0.2, 0) is 0 Å². The molecular weight excluding hydrogens is 180 g/mol. The summed E-state index contributed by atoms with van der Waals surface area (Å²) in [4.78, 5) is 9.79. The van der Waals surface area contributed by atoms with Gasteiger partial charge in [0.25, 0.3) is 0 Å². The Hall–Kier alpha value is -1.22. The number of hydrogen-bond donors (Lipinski definition) is 0. The summed E-state index contributed by atoms with van der Waals surface area (Å²) < 4.78 is 0. The van der Waals surface area contributed by atoms with Gasteiger partial charge >= 0.3 is 0 Å². The predicted molar refractivity (Wildman–Crippen MR) is 54.8 cm³/mol. The molecule has 2 heterocycles. The predicted octanol–water partition coefficient (Wildman–Crippen LogP) is 2.82. The highest BCUT2D eigenvalue weighted by atomic mass is 32.1. The number of rotatable bonds is 1. The van der Waals surface area contributed by atoms with Crippen molar-refractivity contribution in [2.45, 2.75) is 13.8 Å². The van der Waals surface area contributed by atoms with Gasteiger partial charge in [-0.2, -0.15) is 0 Å². The molecule has 0 saturated carbocycles. The van der Waals surface area contributed by atoms with Crippen LogP contribution >= 0.6 is 11.3 Å². The van der Waals surface area contributed by atoms with Crippen LogP contribution in [0.3, 0.4) is 0 Å². The second-order valence-electron chi connectivity index (χ2n) is 2.88. The molecule has 3 heteroatoms. The van der Waals surface area contributed by atoms with E-state index in [1.807, 2.05) is 25.3 Å². The van der Waals surface area contributed by atoms with Gasteiger partial charge in [-0.1, -0.05) is 0 Å². The maximum Gasteiger partial charge on any atom is 0.0904 e. The largest absolute Gasteiger partial charge is 0.264 e. The lowest BCUT2D eigenvalue weighted by molar-refractivity contribution is 1.26. The molecule has 0 aliphatic heterocycles. The molecule has 2 nitrogen and oxygen atoms in total. The van der Waals surface area contributed by atoms with E-state index in [1.165, 1.54) is 4.88 Å². The summed E-state index contributed by atoms with van der Waals surface area (Å²) in [6.45, 7) is 4.12. The van der Waals surface area contributed by atoms with E-state index in [-0.39, 0.29) is 0 Å². The third kappa shape index (κ3) is 1.60. The zero-order valence-corrected chi connectivity index (χ0v) is 8.43. The first-order valence-electron chi connectivity index (χ1n) is 4.12. The van der Waals surface area contributed by atoms with Crippen molar-refractivity contribution in [1.29, 1.82) is 0 Å². The Morgan fingerprint density at radius 1 is 1.31 bits per heavy atom. The SMILES string of the molecule is Cc1nc(-c2cccnc2)c(C)s1. The Kier molecular flexibility index (Phi) is 2.10. The molecule has 0 bridgehead atoms. The Morgan fingerprint density at radius 3 is 2.69 bits per heavy atom. The van der Waals surface area contributed by atoms with Crippen LogP contribution in [0.5, 0.6) is 0 Å². The Morgan fingerprint density at radius 2 is 2.15 bits per heavy atom. The topological polar surface area (TPSA) is 25.8 Å². The minimum Gasteiger partial charge on any atom is -0.264 e. The fourth-order valence-corrected chi connectivity index (χ4v) is 2.14. The fraction of sp³-hybridized carbons (Fsp3) is 0.200. The lowest BCUT2D eigenvalue weighted by Crippen LogP contribution is -1.81. The summed E-state index contributed by atoms with van der Waals surface area (Å²) >= 11 is 1.73. The average Bonchev–Trinajstić information content (AvgIpc) is 2.47. The molecule has 13 heavy (non-hydrogen) atoms. The van der Waals surface area contributed by atoms with Crippen molar-refractivity contribution in [2.24, 2.45) is 0 Å². The quantitative estimate of drug-likeness (QED) is 0.691. The van der Waals surface area contributed by atoms with Gasteiger partial charge in [-0.05, 0) is 26.0 Å². The first-order chi connectivity index (χ1) is 6.27. The molecular formula is C10H10N2S. The number of hydrogen-bond acceptors (Lipinski definition) is 3. The Labute approximate surface area is 81.3 Å². The van der Waals surface area contributed by atoms with E-state index in [0.29, 0.717) is 0 Å². The van der Waals surface area contributed by atoms with Crippen LogP contribution in [0.15, 0.2) is 24.5 Å². The van der Waals surface area contributed by atoms with E-state index >= 15 is 0 Å². The maximum absolute atomic E-state index is 4.46. The van der Waals surface area contributed by atoms with Gasteiger partial charge in [0.1, 0.15) is 0 Å². The molecule has 0 radical (unpaired) electrons. The molecule has 0 fully saturated rings. The third-order valence-corrected chi connectivity index (χ3v) is 2.72. The minimum atomic E-state index is 1.07. The molecule has 0 amide bonds. The van der Waals surface area contributed by atoms with Crippen molar-refractivity contribution in [3.63, 3.8) is 0 Å². The van der Waals surface area contributed by atoms with Gasteiger partial charge in [-0.3, -0.25) is 4.98 Å². The smallest absolute Gasteiger partial charge is 0.0904 e. The van der Waals surface area contributed by atoms with Crippen molar-refractivity contribution in [1.82, 2.24) is 9.97 Å². The Balaban J connectivity index is 2.53. The standard InChI is InChI=1S/C10H10N2S/c1-7-10(12-8(2)13-7)9-4-3-5-11-6-9/h3-6H,1-2H3. The highest BCUT2D eigenvalue weighted by Gasteiger charge is 2.06. The minimum absolute atomic E-state index is 1.07.